The molecule has 4 fully saturated rings. The van der Waals surface area contributed by atoms with Gasteiger partial charge in [-0.3, -0.25) is 19.2 Å². The molecule has 12 nitrogen and oxygen atoms in total. The highest BCUT2D eigenvalue weighted by Crippen LogP contribution is 2.69. The molecule has 0 bridgehead atoms. The quantitative estimate of drug-likeness (QED) is 0.195. The minimum atomic E-state index is -0.427. The minimum absolute atomic E-state index is 0.0610. The first kappa shape index (κ1) is 36.6. The standard InChI is InChI=1S/C34H58N4O8/c1-20(6-9-28(39)43-13-12-38(4)5)23-7-8-24-32-25(16-27(34(23,24)3)46-31(42)19-37)33(2)11-10-22(44-29(40)17-35)14-21(33)15-26(32)45-30(41)18-36/h20-27,32H,6-19,35-37H2,1-5H3/t20-,21?,22-,23?,24+,25+,26-,27+,32?,33?,34-/m1/s1. The largest absolute Gasteiger partial charge is 0.464 e. The van der Waals surface area contributed by atoms with Gasteiger partial charge in [0.1, 0.15) is 24.9 Å². The lowest BCUT2D eigenvalue weighted by Gasteiger charge is -2.64. The number of carbonyl (C=O) groups is 4. The van der Waals surface area contributed by atoms with Crippen LogP contribution in [0.25, 0.3) is 0 Å². The van der Waals surface area contributed by atoms with E-state index in [2.05, 4.69) is 20.8 Å². The Morgan fingerprint density at radius 1 is 0.826 bits per heavy atom. The zero-order valence-electron chi connectivity index (χ0n) is 28.5. The van der Waals surface area contributed by atoms with Gasteiger partial charge >= 0.3 is 23.9 Å². The van der Waals surface area contributed by atoms with Crippen molar-refractivity contribution in [2.45, 2.75) is 96.9 Å². The highest BCUT2D eigenvalue weighted by atomic mass is 16.6. The molecule has 11 atom stereocenters. The van der Waals surface area contributed by atoms with Crippen molar-refractivity contribution >= 4 is 23.9 Å². The fourth-order valence-corrected chi connectivity index (χ4v) is 10.1. The summed E-state index contributed by atoms with van der Waals surface area (Å²) in [5.74, 6) is -0.660. The van der Waals surface area contributed by atoms with Gasteiger partial charge in [0.2, 0.25) is 0 Å². The Kier molecular flexibility index (Phi) is 12.2. The van der Waals surface area contributed by atoms with E-state index >= 15 is 0 Å². The van der Waals surface area contributed by atoms with Crippen LogP contribution in [0.5, 0.6) is 0 Å². The van der Waals surface area contributed by atoms with Crippen LogP contribution in [-0.4, -0.2) is 94.0 Å². The van der Waals surface area contributed by atoms with E-state index in [1.54, 1.807) is 0 Å². The molecule has 4 aliphatic rings. The van der Waals surface area contributed by atoms with E-state index in [4.69, 9.17) is 36.1 Å². The number of nitrogens with zero attached hydrogens (tertiary/aromatic N) is 1. The summed E-state index contributed by atoms with van der Waals surface area (Å²) >= 11 is 0. The molecule has 0 aromatic rings. The lowest BCUT2D eigenvalue weighted by molar-refractivity contribution is -0.225. The number of nitrogens with two attached hydrogens (primary N) is 3. The normalized spacial score (nSPS) is 37.3. The van der Waals surface area contributed by atoms with Crippen molar-refractivity contribution in [2.75, 3.05) is 46.9 Å². The van der Waals surface area contributed by atoms with Crippen molar-refractivity contribution in [2.24, 2.45) is 63.5 Å². The van der Waals surface area contributed by atoms with Gasteiger partial charge < -0.3 is 41.0 Å². The third-order valence-electron chi connectivity index (χ3n) is 12.4. The van der Waals surface area contributed by atoms with Crippen LogP contribution in [0.4, 0.5) is 0 Å². The first-order valence-corrected chi connectivity index (χ1v) is 17.3. The van der Waals surface area contributed by atoms with Crippen LogP contribution in [0.3, 0.4) is 0 Å². The second-order valence-electron chi connectivity index (χ2n) is 15.1. The van der Waals surface area contributed by atoms with Crippen LogP contribution < -0.4 is 17.2 Å². The van der Waals surface area contributed by atoms with E-state index in [9.17, 15) is 19.2 Å². The molecule has 4 rings (SSSR count). The fourth-order valence-electron chi connectivity index (χ4n) is 10.1. The van der Waals surface area contributed by atoms with Crippen molar-refractivity contribution in [3.05, 3.63) is 0 Å². The van der Waals surface area contributed by atoms with Crippen molar-refractivity contribution in [1.29, 1.82) is 0 Å². The molecule has 0 radical (unpaired) electrons. The molecule has 4 saturated carbocycles. The van der Waals surface area contributed by atoms with Gasteiger partial charge in [-0.25, -0.2) is 0 Å². The Balaban J connectivity index is 1.63. The average Bonchev–Trinajstić information content (AvgIpc) is 3.38. The molecule has 0 spiro atoms. The van der Waals surface area contributed by atoms with Crippen molar-refractivity contribution in [3.8, 4) is 0 Å². The smallest absolute Gasteiger partial charge is 0.319 e. The summed E-state index contributed by atoms with van der Waals surface area (Å²) in [7, 11) is 3.88. The molecular weight excluding hydrogens is 592 g/mol. The molecule has 0 amide bonds. The molecule has 262 valence electrons. The highest BCUT2D eigenvalue weighted by molar-refractivity contribution is 5.72. The van der Waals surface area contributed by atoms with Gasteiger partial charge in [0, 0.05) is 24.3 Å². The summed E-state index contributed by atoms with van der Waals surface area (Å²) in [6.45, 7) is 7.23. The molecule has 4 unspecified atom stereocenters. The number of likely N-dealkylation sites (N-methyl/N-ethyl adjacent to an activating group) is 1. The van der Waals surface area contributed by atoms with E-state index in [-0.39, 0.29) is 84.8 Å². The number of rotatable bonds is 13. The molecule has 6 N–H and O–H groups in total. The third-order valence-corrected chi connectivity index (χ3v) is 12.4. The molecule has 46 heavy (non-hydrogen) atoms. The monoisotopic (exact) mass is 650 g/mol. The maximum Gasteiger partial charge on any atom is 0.319 e. The maximum atomic E-state index is 12.8. The molecule has 0 aliphatic heterocycles. The predicted molar refractivity (Wildman–Crippen MR) is 171 cm³/mol. The highest BCUT2D eigenvalue weighted by Gasteiger charge is 2.67. The zero-order chi connectivity index (χ0) is 33.8. The first-order valence-electron chi connectivity index (χ1n) is 17.3. The molecule has 4 aliphatic carbocycles. The summed E-state index contributed by atoms with van der Waals surface area (Å²) < 4.78 is 23.6. The van der Waals surface area contributed by atoms with E-state index in [0.29, 0.717) is 45.3 Å². The van der Waals surface area contributed by atoms with Gasteiger partial charge in [0.05, 0.1) is 19.6 Å². The molecule has 0 aromatic carbocycles. The number of fused-ring (bicyclic) bond motifs is 5. The topological polar surface area (TPSA) is 186 Å². The maximum absolute atomic E-state index is 12.8. The Morgan fingerprint density at radius 3 is 2.13 bits per heavy atom. The number of ether oxygens (including phenoxy) is 4. The van der Waals surface area contributed by atoms with Gasteiger partial charge in [-0.05, 0) is 100 Å². The van der Waals surface area contributed by atoms with Crippen molar-refractivity contribution in [3.63, 3.8) is 0 Å². The summed E-state index contributed by atoms with van der Waals surface area (Å²) in [6.07, 6.45) is 5.43. The third kappa shape index (κ3) is 7.55. The number of hydrogen-bond acceptors (Lipinski definition) is 12. The zero-order valence-corrected chi connectivity index (χ0v) is 28.5. The van der Waals surface area contributed by atoms with Crippen LogP contribution in [-0.2, 0) is 38.1 Å². The van der Waals surface area contributed by atoms with Crippen LogP contribution in [0.1, 0.15) is 78.6 Å². The van der Waals surface area contributed by atoms with Gasteiger partial charge in [-0.15, -0.1) is 0 Å². The van der Waals surface area contributed by atoms with Gasteiger partial charge in [-0.2, -0.15) is 0 Å². The number of esters is 4. The second kappa shape index (κ2) is 15.3. The predicted octanol–water partition coefficient (Wildman–Crippen LogP) is 2.00. The van der Waals surface area contributed by atoms with E-state index in [0.717, 1.165) is 25.7 Å². The lowest BCUT2D eigenvalue weighted by Crippen LogP contribution is -2.63. The van der Waals surface area contributed by atoms with E-state index in [1.165, 1.54) is 0 Å². The summed E-state index contributed by atoms with van der Waals surface area (Å²) in [6, 6.07) is 0. The Hall–Kier alpha value is -2.28. The molecule has 0 saturated heterocycles. The van der Waals surface area contributed by atoms with Crippen LogP contribution >= 0.6 is 0 Å². The molecule has 0 aromatic heterocycles. The molecule has 12 heteroatoms. The fraction of sp³-hybridized carbons (Fsp3) is 0.882. The second-order valence-corrected chi connectivity index (χ2v) is 15.1. The van der Waals surface area contributed by atoms with Gasteiger partial charge in [0.25, 0.3) is 0 Å². The summed E-state index contributed by atoms with van der Waals surface area (Å²) in [5, 5.41) is 0. The number of carbonyl (C=O) groups excluding carboxylic acids is 4. The Labute approximate surface area is 274 Å². The lowest BCUT2D eigenvalue weighted by atomic mass is 9.43. The summed E-state index contributed by atoms with van der Waals surface area (Å²) in [5.41, 5.74) is 16.5. The molecular formula is C34H58N4O8. The first-order chi connectivity index (χ1) is 21.8. The molecule has 0 heterocycles. The van der Waals surface area contributed by atoms with Crippen molar-refractivity contribution in [1.82, 2.24) is 4.90 Å². The van der Waals surface area contributed by atoms with Crippen LogP contribution in [0.2, 0.25) is 0 Å². The number of hydrogen-bond donors (Lipinski definition) is 3. The summed E-state index contributed by atoms with van der Waals surface area (Å²) in [4.78, 5) is 52.2. The van der Waals surface area contributed by atoms with Gasteiger partial charge in [-0.1, -0.05) is 20.8 Å². The Bertz CT molecular complexity index is 1110. The van der Waals surface area contributed by atoms with E-state index < -0.39 is 23.3 Å². The average molecular weight is 651 g/mol. The SMILES string of the molecule is C[C@H](CCC(=O)OCCN(C)C)C1CC[C@H]2C3[C@H](OC(=O)CN)CC4C[C@H](OC(=O)CN)CCC4(C)[C@H]3C[C@H](OC(=O)CN)[C@]12C. The van der Waals surface area contributed by atoms with Crippen LogP contribution in [0.15, 0.2) is 0 Å². The minimum Gasteiger partial charge on any atom is -0.464 e. The van der Waals surface area contributed by atoms with Crippen LogP contribution in [0, 0.1) is 46.3 Å². The Morgan fingerprint density at radius 2 is 1.48 bits per heavy atom. The van der Waals surface area contributed by atoms with Crippen molar-refractivity contribution < 1.29 is 38.1 Å². The van der Waals surface area contributed by atoms with E-state index in [1.807, 2.05) is 19.0 Å². The van der Waals surface area contributed by atoms with Gasteiger partial charge in [0.15, 0.2) is 0 Å².